The zero-order chi connectivity index (χ0) is 9.84. The molecule has 1 heterocycles. The van der Waals surface area contributed by atoms with E-state index in [0.717, 1.165) is 6.42 Å². The second-order valence-electron chi connectivity index (χ2n) is 3.18. The summed E-state index contributed by atoms with van der Waals surface area (Å²) in [5, 5.41) is 2.08. The van der Waals surface area contributed by atoms with Crippen molar-refractivity contribution in [2.24, 2.45) is 5.73 Å². The lowest BCUT2D eigenvalue weighted by atomic mass is 10.1. The number of aryl methyl sites for hydroxylation is 1. The van der Waals surface area contributed by atoms with E-state index in [2.05, 4.69) is 25.3 Å². The number of nitrogens with two attached hydrogens (primary N) is 1. The Morgan fingerprint density at radius 2 is 2.31 bits per heavy atom. The Balaban J connectivity index is 2.77. The molecule has 0 aliphatic carbocycles. The molecule has 2 unspecified atom stereocenters. The van der Waals surface area contributed by atoms with E-state index in [1.54, 1.807) is 18.4 Å². The minimum absolute atomic E-state index is 0.0231. The van der Waals surface area contributed by atoms with Crippen LogP contribution < -0.4 is 5.73 Å². The van der Waals surface area contributed by atoms with Gasteiger partial charge in [0.15, 0.2) is 0 Å². The molecule has 0 amide bonds. The molecule has 0 aliphatic rings. The summed E-state index contributed by atoms with van der Waals surface area (Å²) in [5.74, 6) is 0. The molecular weight excluding hydrogens is 182 g/mol. The van der Waals surface area contributed by atoms with Crippen LogP contribution in [0, 0.1) is 6.92 Å². The molecule has 13 heavy (non-hydrogen) atoms. The fourth-order valence-electron chi connectivity index (χ4n) is 1.46. The van der Waals surface area contributed by atoms with Gasteiger partial charge in [0.1, 0.15) is 0 Å². The largest absolute Gasteiger partial charge is 0.379 e. The van der Waals surface area contributed by atoms with Gasteiger partial charge in [0, 0.05) is 12.0 Å². The third-order valence-electron chi connectivity index (χ3n) is 2.31. The minimum atomic E-state index is 0.0231. The minimum Gasteiger partial charge on any atom is -0.379 e. The first-order chi connectivity index (χ1) is 6.20. The Kier molecular flexibility index (Phi) is 3.90. The van der Waals surface area contributed by atoms with Crippen LogP contribution in [-0.2, 0) is 4.74 Å². The van der Waals surface area contributed by atoms with E-state index in [1.807, 2.05) is 0 Å². The van der Waals surface area contributed by atoms with Crippen LogP contribution in [0.5, 0.6) is 0 Å². The molecule has 1 aromatic rings. The summed E-state index contributed by atoms with van der Waals surface area (Å²) in [4.78, 5) is 1.24. The van der Waals surface area contributed by atoms with E-state index in [9.17, 15) is 0 Å². The van der Waals surface area contributed by atoms with Crippen molar-refractivity contribution >= 4 is 11.3 Å². The molecule has 0 saturated carbocycles. The maximum atomic E-state index is 6.09. The Bertz CT molecular complexity index is 255. The first-order valence-electron chi connectivity index (χ1n) is 4.53. The van der Waals surface area contributed by atoms with Gasteiger partial charge in [-0.3, -0.25) is 0 Å². The van der Waals surface area contributed by atoms with Crippen molar-refractivity contribution in [3.8, 4) is 0 Å². The van der Waals surface area contributed by atoms with Crippen molar-refractivity contribution < 1.29 is 4.74 Å². The lowest BCUT2D eigenvalue weighted by Gasteiger charge is -2.20. The summed E-state index contributed by atoms with van der Waals surface area (Å²) >= 11 is 1.71. The maximum absolute atomic E-state index is 6.09. The smallest absolute Gasteiger partial charge is 0.0769 e. The molecule has 2 atom stereocenters. The van der Waals surface area contributed by atoms with Crippen LogP contribution in [-0.4, -0.2) is 13.2 Å². The van der Waals surface area contributed by atoms with Crippen molar-refractivity contribution in [1.29, 1.82) is 0 Å². The number of thiophene rings is 1. The van der Waals surface area contributed by atoms with E-state index in [-0.39, 0.29) is 12.1 Å². The Morgan fingerprint density at radius 3 is 2.69 bits per heavy atom. The Morgan fingerprint density at radius 1 is 1.62 bits per heavy atom. The van der Waals surface area contributed by atoms with Crippen molar-refractivity contribution in [3.05, 3.63) is 21.9 Å². The maximum Gasteiger partial charge on any atom is 0.0769 e. The van der Waals surface area contributed by atoms with E-state index < -0.39 is 0 Å². The molecule has 2 N–H and O–H groups in total. The Labute approximate surface area is 83.7 Å². The molecule has 0 radical (unpaired) electrons. The summed E-state index contributed by atoms with van der Waals surface area (Å²) in [5.41, 5.74) is 7.36. The average molecular weight is 199 g/mol. The third kappa shape index (κ3) is 2.30. The summed E-state index contributed by atoms with van der Waals surface area (Å²) in [6, 6.07) is 2.12. The number of ether oxygens (including phenoxy) is 1. The molecule has 3 heteroatoms. The van der Waals surface area contributed by atoms with Crippen LogP contribution in [0.2, 0.25) is 0 Å². The Hall–Kier alpha value is -0.380. The fraction of sp³-hybridized carbons (Fsp3) is 0.600. The summed E-state index contributed by atoms with van der Waals surface area (Å²) < 4.78 is 5.32. The van der Waals surface area contributed by atoms with Crippen LogP contribution in [0.3, 0.4) is 0 Å². The van der Waals surface area contributed by atoms with Gasteiger partial charge in [-0.1, -0.05) is 6.92 Å². The molecule has 1 rings (SSSR count). The topological polar surface area (TPSA) is 35.2 Å². The van der Waals surface area contributed by atoms with Gasteiger partial charge in [0.25, 0.3) is 0 Å². The summed E-state index contributed by atoms with van der Waals surface area (Å²) in [6.45, 7) is 4.19. The first kappa shape index (κ1) is 10.7. The molecule has 2 nitrogen and oxygen atoms in total. The number of methoxy groups -OCH3 is 1. The normalized spacial score (nSPS) is 15.7. The highest BCUT2D eigenvalue weighted by Crippen LogP contribution is 2.26. The van der Waals surface area contributed by atoms with Gasteiger partial charge in [-0.05, 0) is 30.4 Å². The quantitative estimate of drug-likeness (QED) is 0.808. The number of hydrogen-bond donors (Lipinski definition) is 1. The van der Waals surface area contributed by atoms with Gasteiger partial charge in [0.05, 0.1) is 12.1 Å². The van der Waals surface area contributed by atoms with Crippen molar-refractivity contribution in [2.75, 3.05) is 7.11 Å². The van der Waals surface area contributed by atoms with Crippen LogP contribution in [0.4, 0.5) is 0 Å². The molecule has 0 saturated heterocycles. The monoisotopic (exact) mass is 199 g/mol. The molecule has 0 spiro atoms. The van der Waals surface area contributed by atoms with Crippen molar-refractivity contribution in [3.63, 3.8) is 0 Å². The zero-order valence-corrected chi connectivity index (χ0v) is 9.23. The van der Waals surface area contributed by atoms with Gasteiger partial charge in [-0.25, -0.2) is 0 Å². The SMILES string of the molecule is CCC(OC)C(N)c1sccc1C. The van der Waals surface area contributed by atoms with Crippen molar-refractivity contribution in [2.45, 2.75) is 32.4 Å². The summed E-state index contributed by atoms with van der Waals surface area (Å²) in [6.07, 6.45) is 1.09. The predicted molar refractivity (Wildman–Crippen MR) is 57.1 cm³/mol. The zero-order valence-electron chi connectivity index (χ0n) is 8.41. The van der Waals surface area contributed by atoms with Crippen molar-refractivity contribution in [1.82, 2.24) is 0 Å². The second kappa shape index (κ2) is 4.74. The van der Waals surface area contributed by atoms with Crippen LogP contribution in [0.25, 0.3) is 0 Å². The van der Waals surface area contributed by atoms with Gasteiger partial charge in [0.2, 0.25) is 0 Å². The number of hydrogen-bond acceptors (Lipinski definition) is 3. The van der Waals surface area contributed by atoms with E-state index in [0.29, 0.717) is 0 Å². The van der Waals surface area contributed by atoms with Gasteiger partial charge in [-0.15, -0.1) is 11.3 Å². The molecule has 74 valence electrons. The molecule has 0 aromatic carbocycles. The van der Waals surface area contributed by atoms with Gasteiger partial charge in [-0.2, -0.15) is 0 Å². The van der Waals surface area contributed by atoms with E-state index in [1.165, 1.54) is 10.4 Å². The average Bonchev–Trinajstić information content (AvgIpc) is 2.53. The highest BCUT2D eigenvalue weighted by molar-refractivity contribution is 7.10. The fourth-order valence-corrected chi connectivity index (χ4v) is 2.44. The molecular formula is C10H17NOS. The highest BCUT2D eigenvalue weighted by Gasteiger charge is 2.19. The summed E-state index contributed by atoms with van der Waals surface area (Å²) in [7, 11) is 1.72. The lowest BCUT2D eigenvalue weighted by Crippen LogP contribution is -2.27. The van der Waals surface area contributed by atoms with Gasteiger partial charge >= 0.3 is 0 Å². The second-order valence-corrected chi connectivity index (χ2v) is 4.12. The third-order valence-corrected chi connectivity index (χ3v) is 3.43. The predicted octanol–water partition coefficient (Wildman–Crippen LogP) is 2.48. The lowest BCUT2D eigenvalue weighted by molar-refractivity contribution is 0.0780. The molecule has 1 aromatic heterocycles. The van der Waals surface area contributed by atoms with E-state index in [4.69, 9.17) is 10.5 Å². The first-order valence-corrected chi connectivity index (χ1v) is 5.41. The van der Waals surface area contributed by atoms with Crippen LogP contribution in [0.1, 0.15) is 29.8 Å². The standard InChI is InChI=1S/C10H17NOS/c1-4-8(12-3)9(11)10-7(2)5-6-13-10/h5-6,8-9H,4,11H2,1-3H3. The van der Waals surface area contributed by atoms with E-state index >= 15 is 0 Å². The molecule has 0 bridgehead atoms. The van der Waals surface area contributed by atoms with Gasteiger partial charge < -0.3 is 10.5 Å². The molecule has 0 aliphatic heterocycles. The van der Waals surface area contributed by atoms with Crippen LogP contribution in [0.15, 0.2) is 11.4 Å². The highest BCUT2D eigenvalue weighted by atomic mass is 32.1. The molecule has 0 fully saturated rings. The number of rotatable bonds is 4. The van der Waals surface area contributed by atoms with Crippen LogP contribution >= 0.6 is 11.3 Å².